The summed E-state index contributed by atoms with van der Waals surface area (Å²) in [5.41, 5.74) is 2.45. The number of oxazole rings is 1. The Labute approximate surface area is 202 Å². The van der Waals surface area contributed by atoms with Gasteiger partial charge in [0.2, 0.25) is 11.6 Å². The first kappa shape index (κ1) is 23.7. The van der Waals surface area contributed by atoms with Crippen LogP contribution in [0.2, 0.25) is 0 Å². The van der Waals surface area contributed by atoms with Gasteiger partial charge in [0.15, 0.2) is 34.4 Å². The van der Waals surface area contributed by atoms with Gasteiger partial charge in [-0.05, 0) is 48.0 Å². The molecule has 0 unspecified atom stereocenters. The lowest BCUT2D eigenvalue weighted by Gasteiger charge is -2.14. The number of allylic oxidation sites excluding steroid dienone is 1. The van der Waals surface area contributed by atoms with E-state index in [1.165, 1.54) is 21.3 Å². The van der Waals surface area contributed by atoms with Crippen LogP contribution in [0.15, 0.2) is 59.0 Å². The summed E-state index contributed by atoms with van der Waals surface area (Å²) in [6, 6.07) is 15.8. The largest absolute Gasteiger partial charge is 0.493 e. The summed E-state index contributed by atoms with van der Waals surface area (Å²) < 4.78 is 33.0. The van der Waals surface area contributed by atoms with Crippen molar-refractivity contribution >= 4 is 28.5 Å². The molecule has 8 nitrogen and oxygen atoms in total. The van der Waals surface area contributed by atoms with Crippen molar-refractivity contribution in [3.05, 3.63) is 71.6 Å². The van der Waals surface area contributed by atoms with Crippen LogP contribution < -0.4 is 23.7 Å². The van der Waals surface area contributed by atoms with E-state index in [4.69, 9.17) is 28.1 Å². The predicted octanol–water partition coefficient (Wildman–Crippen LogP) is 5.29. The molecule has 4 aromatic rings. The lowest BCUT2D eigenvalue weighted by Crippen LogP contribution is -2.06. The molecule has 0 aliphatic heterocycles. The number of nitrogens with zero attached hydrogens (tertiary/aromatic N) is 1. The van der Waals surface area contributed by atoms with Crippen LogP contribution >= 0.6 is 0 Å². The molecule has 0 saturated carbocycles. The zero-order valence-electron chi connectivity index (χ0n) is 20.1. The lowest BCUT2D eigenvalue weighted by atomic mass is 9.99. The molecule has 0 saturated heterocycles. The number of ether oxygens (including phenoxy) is 5. The Morgan fingerprint density at radius 2 is 1.43 bits per heavy atom. The van der Waals surface area contributed by atoms with Gasteiger partial charge >= 0.3 is 0 Å². The normalized spacial score (nSPS) is 11.3. The van der Waals surface area contributed by atoms with Crippen LogP contribution in [0.5, 0.6) is 28.7 Å². The Balaban J connectivity index is 1.90. The molecule has 1 heterocycles. The molecule has 0 bridgehead atoms. The molecule has 0 aliphatic rings. The Bertz CT molecular complexity index is 1350. The van der Waals surface area contributed by atoms with Crippen LogP contribution in [-0.4, -0.2) is 46.3 Å². The highest BCUT2D eigenvalue weighted by molar-refractivity contribution is 6.32. The van der Waals surface area contributed by atoms with Crippen molar-refractivity contribution in [2.24, 2.45) is 0 Å². The fourth-order valence-electron chi connectivity index (χ4n) is 3.69. The summed E-state index contributed by atoms with van der Waals surface area (Å²) in [7, 11) is 7.60. The highest BCUT2D eigenvalue weighted by Crippen LogP contribution is 2.40. The summed E-state index contributed by atoms with van der Waals surface area (Å²) in [5.74, 6) is 2.04. The van der Waals surface area contributed by atoms with E-state index in [1.54, 1.807) is 50.6 Å². The molecule has 4 rings (SSSR count). The average molecular weight is 475 g/mol. The number of carbonyl (C=O) groups is 1. The number of ketones is 1. The Morgan fingerprint density at radius 1 is 0.771 bits per heavy atom. The summed E-state index contributed by atoms with van der Waals surface area (Å²) in [4.78, 5) is 18.4. The third-order valence-electron chi connectivity index (χ3n) is 5.41. The summed E-state index contributed by atoms with van der Waals surface area (Å²) in [6.45, 7) is 0. The van der Waals surface area contributed by atoms with Gasteiger partial charge in [-0.1, -0.05) is 18.2 Å². The number of aromatic nitrogens is 1. The van der Waals surface area contributed by atoms with Crippen molar-refractivity contribution in [2.75, 3.05) is 35.5 Å². The zero-order valence-corrected chi connectivity index (χ0v) is 20.1. The summed E-state index contributed by atoms with van der Waals surface area (Å²) >= 11 is 0. The van der Waals surface area contributed by atoms with E-state index in [-0.39, 0.29) is 17.2 Å². The second-order valence-corrected chi connectivity index (χ2v) is 7.40. The van der Waals surface area contributed by atoms with Crippen LogP contribution in [0, 0.1) is 0 Å². The molecule has 35 heavy (non-hydrogen) atoms. The van der Waals surface area contributed by atoms with Gasteiger partial charge in [-0.2, -0.15) is 0 Å². The number of Topliss-reactive ketones (excluding diaryl/α,β-unsaturated/α-hetero) is 1. The topological polar surface area (TPSA) is 89.3 Å². The highest BCUT2D eigenvalue weighted by Gasteiger charge is 2.24. The molecular weight excluding hydrogens is 450 g/mol. The van der Waals surface area contributed by atoms with Gasteiger partial charge in [-0.15, -0.1) is 0 Å². The van der Waals surface area contributed by atoms with Crippen LogP contribution in [0.4, 0.5) is 0 Å². The van der Waals surface area contributed by atoms with Crippen LogP contribution in [0.25, 0.3) is 22.7 Å². The maximum Gasteiger partial charge on any atom is 0.231 e. The van der Waals surface area contributed by atoms with E-state index < -0.39 is 0 Å². The quantitative estimate of drug-likeness (QED) is 0.238. The standard InChI is InChI=1S/C27H25NO7/c1-30-21-11-10-16(13-22(21)31-2)12-18(27-28-19-8-6-7-9-20(19)35-27)25(29)17-14-23(32-3)26(34-5)24(15-17)33-4/h6-15H,1-5H3. The van der Waals surface area contributed by atoms with Crippen molar-refractivity contribution in [1.29, 1.82) is 0 Å². The highest BCUT2D eigenvalue weighted by atomic mass is 16.5. The number of fused-ring (bicyclic) bond motifs is 1. The maximum atomic E-state index is 13.9. The van der Waals surface area contributed by atoms with Crippen LogP contribution in [0.1, 0.15) is 21.8 Å². The molecule has 1 aromatic heterocycles. The van der Waals surface area contributed by atoms with Crippen LogP contribution in [-0.2, 0) is 0 Å². The second-order valence-electron chi connectivity index (χ2n) is 7.40. The molecular formula is C27H25NO7. The number of para-hydroxylation sites is 2. The minimum atomic E-state index is -0.342. The van der Waals surface area contributed by atoms with Crippen molar-refractivity contribution < 1.29 is 32.9 Å². The minimum Gasteiger partial charge on any atom is -0.493 e. The van der Waals surface area contributed by atoms with E-state index in [0.29, 0.717) is 51.0 Å². The van der Waals surface area contributed by atoms with Gasteiger partial charge < -0.3 is 28.1 Å². The first-order chi connectivity index (χ1) is 17.0. The molecule has 0 amide bonds. The van der Waals surface area contributed by atoms with Gasteiger partial charge in [0.05, 0.1) is 41.1 Å². The monoisotopic (exact) mass is 475 g/mol. The molecule has 3 aromatic carbocycles. The van der Waals surface area contributed by atoms with E-state index in [2.05, 4.69) is 4.98 Å². The first-order valence-corrected chi connectivity index (χ1v) is 10.7. The number of methoxy groups -OCH3 is 5. The number of benzene rings is 3. The van der Waals surface area contributed by atoms with E-state index in [1.807, 2.05) is 24.3 Å². The molecule has 0 N–H and O–H groups in total. The fourth-order valence-corrected chi connectivity index (χ4v) is 3.69. The second kappa shape index (κ2) is 10.2. The molecule has 180 valence electrons. The minimum absolute atomic E-state index is 0.180. The molecule has 0 radical (unpaired) electrons. The van der Waals surface area contributed by atoms with Crippen molar-refractivity contribution in [3.8, 4) is 28.7 Å². The summed E-state index contributed by atoms with van der Waals surface area (Å²) in [5, 5.41) is 0. The van der Waals surface area contributed by atoms with Gasteiger partial charge in [0.1, 0.15) is 5.52 Å². The molecule has 0 spiro atoms. The summed E-state index contributed by atoms with van der Waals surface area (Å²) in [6.07, 6.45) is 1.69. The van der Waals surface area contributed by atoms with E-state index in [0.717, 1.165) is 0 Å². The number of carbonyl (C=O) groups excluding carboxylic acids is 1. The lowest BCUT2D eigenvalue weighted by molar-refractivity contribution is 0.105. The molecule has 8 heteroatoms. The average Bonchev–Trinajstić information content (AvgIpc) is 3.34. The third kappa shape index (κ3) is 4.63. The molecule has 0 aliphatic carbocycles. The maximum absolute atomic E-state index is 13.9. The third-order valence-corrected chi connectivity index (χ3v) is 5.41. The van der Waals surface area contributed by atoms with E-state index in [9.17, 15) is 4.79 Å². The van der Waals surface area contributed by atoms with Gasteiger partial charge in [0, 0.05) is 5.56 Å². The van der Waals surface area contributed by atoms with Crippen LogP contribution in [0.3, 0.4) is 0 Å². The SMILES string of the molecule is COc1ccc(C=C(C(=O)c2cc(OC)c(OC)c(OC)c2)c2nc3ccccc3o2)cc1OC. The van der Waals surface area contributed by atoms with Crippen molar-refractivity contribution in [2.45, 2.75) is 0 Å². The zero-order chi connectivity index (χ0) is 24.9. The van der Waals surface area contributed by atoms with E-state index >= 15 is 0 Å². The van der Waals surface area contributed by atoms with Gasteiger partial charge in [-0.25, -0.2) is 4.98 Å². The molecule has 0 atom stereocenters. The number of rotatable bonds is 9. The van der Waals surface area contributed by atoms with Crippen molar-refractivity contribution in [3.63, 3.8) is 0 Å². The Hall–Kier alpha value is -4.46. The number of hydrogen-bond acceptors (Lipinski definition) is 8. The van der Waals surface area contributed by atoms with Crippen molar-refractivity contribution in [1.82, 2.24) is 4.98 Å². The predicted molar refractivity (Wildman–Crippen MR) is 132 cm³/mol. The number of hydrogen-bond donors (Lipinski definition) is 0. The fraction of sp³-hybridized carbons (Fsp3) is 0.185. The molecule has 0 fully saturated rings. The van der Waals surface area contributed by atoms with Gasteiger partial charge in [-0.3, -0.25) is 4.79 Å². The Morgan fingerprint density at radius 3 is 2.03 bits per heavy atom. The smallest absolute Gasteiger partial charge is 0.231 e. The van der Waals surface area contributed by atoms with Gasteiger partial charge in [0.25, 0.3) is 0 Å². The first-order valence-electron chi connectivity index (χ1n) is 10.7. The Kier molecular flexibility index (Phi) is 6.91.